The highest BCUT2D eigenvalue weighted by atomic mass is 32.1. The molecule has 1 N–H and O–H groups in total. The normalized spacial score (nSPS) is 15.4. The van der Waals surface area contributed by atoms with Gasteiger partial charge in [0.25, 0.3) is 5.91 Å². The number of thiocarbonyl (C=S) groups is 1. The standard InChI is InChI=1S/C25H19F4N3O3S/c1-35-17-9-7-15(8-10-17)30-20(33)12-19-24(34)32(16-5-3-2-4-6-16)25(36)31(19)13-14-11-18(26)22(28)23(29)21(14)27/h2-11,19H,12-13H2,1H3,(H,30,33)/t19-/m1/s1. The highest BCUT2D eigenvalue weighted by Gasteiger charge is 2.44. The zero-order valence-corrected chi connectivity index (χ0v) is 19.6. The van der Waals surface area contributed by atoms with E-state index in [-0.39, 0.29) is 5.11 Å². The van der Waals surface area contributed by atoms with Gasteiger partial charge in [0.1, 0.15) is 11.8 Å². The highest BCUT2D eigenvalue weighted by molar-refractivity contribution is 7.80. The van der Waals surface area contributed by atoms with Crippen LogP contribution in [-0.4, -0.2) is 35.0 Å². The molecule has 1 aliphatic rings. The van der Waals surface area contributed by atoms with Crippen molar-refractivity contribution in [2.45, 2.75) is 19.0 Å². The Balaban J connectivity index is 1.64. The van der Waals surface area contributed by atoms with Crippen molar-refractivity contribution < 1.29 is 31.9 Å². The number of amides is 2. The number of nitrogens with one attached hydrogen (secondary N) is 1. The summed E-state index contributed by atoms with van der Waals surface area (Å²) in [6, 6.07) is 14.0. The predicted octanol–water partition coefficient (Wildman–Crippen LogP) is 4.78. The largest absolute Gasteiger partial charge is 0.497 e. The van der Waals surface area contributed by atoms with Crippen LogP contribution >= 0.6 is 12.2 Å². The lowest BCUT2D eigenvalue weighted by Crippen LogP contribution is -2.37. The molecule has 1 heterocycles. The monoisotopic (exact) mass is 517 g/mol. The fourth-order valence-electron chi connectivity index (χ4n) is 3.81. The predicted molar refractivity (Wildman–Crippen MR) is 128 cm³/mol. The molecule has 0 bridgehead atoms. The maximum absolute atomic E-state index is 14.4. The third-order valence-electron chi connectivity index (χ3n) is 5.60. The third-order valence-corrected chi connectivity index (χ3v) is 6.02. The van der Waals surface area contributed by atoms with Crippen LogP contribution in [0.5, 0.6) is 5.75 Å². The summed E-state index contributed by atoms with van der Waals surface area (Å²) in [4.78, 5) is 28.5. The zero-order chi connectivity index (χ0) is 26.0. The number of halogens is 4. The molecule has 6 nitrogen and oxygen atoms in total. The number of hydrogen-bond acceptors (Lipinski definition) is 4. The zero-order valence-electron chi connectivity index (χ0n) is 18.8. The van der Waals surface area contributed by atoms with Gasteiger partial charge in [0.2, 0.25) is 5.91 Å². The Bertz CT molecular complexity index is 1320. The molecule has 1 fully saturated rings. The molecule has 4 rings (SSSR count). The number of ether oxygens (including phenoxy) is 1. The molecule has 36 heavy (non-hydrogen) atoms. The summed E-state index contributed by atoms with van der Waals surface area (Å²) in [6.07, 6.45) is -0.401. The van der Waals surface area contributed by atoms with Crippen molar-refractivity contribution in [1.29, 1.82) is 0 Å². The van der Waals surface area contributed by atoms with Gasteiger partial charge in [0.15, 0.2) is 28.4 Å². The Labute approximate surface area is 209 Å². The lowest BCUT2D eigenvalue weighted by molar-refractivity contribution is -0.124. The van der Waals surface area contributed by atoms with E-state index < -0.39 is 59.7 Å². The number of benzene rings is 3. The summed E-state index contributed by atoms with van der Waals surface area (Å²) in [5, 5.41) is 2.55. The van der Waals surface area contributed by atoms with Gasteiger partial charge in [-0.2, -0.15) is 0 Å². The van der Waals surface area contributed by atoms with Crippen molar-refractivity contribution in [3.05, 3.63) is 89.5 Å². The van der Waals surface area contributed by atoms with Crippen molar-refractivity contribution >= 4 is 40.5 Å². The van der Waals surface area contributed by atoms with Gasteiger partial charge in [0.05, 0.1) is 19.2 Å². The molecule has 3 aromatic rings. The van der Waals surface area contributed by atoms with Crippen molar-refractivity contribution in [2.24, 2.45) is 0 Å². The second kappa shape index (κ2) is 10.3. The Morgan fingerprint density at radius 1 is 1.00 bits per heavy atom. The molecule has 0 aromatic heterocycles. The van der Waals surface area contributed by atoms with Crippen LogP contribution in [0.15, 0.2) is 60.7 Å². The quantitative estimate of drug-likeness (QED) is 0.212. The summed E-state index contributed by atoms with van der Waals surface area (Å²) in [5.41, 5.74) is 0.276. The fourth-order valence-corrected chi connectivity index (χ4v) is 4.20. The minimum Gasteiger partial charge on any atom is -0.497 e. The number of methoxy groups -OCH3 is 1. The number of para-hydroxylation sites is 1. The first-order chi connectivity index (χ1) is 17.2. The first-order valence-electron chi connectivity index (χ1n) is 10.7. The van der Waals surface area contributed by atoms with Gasteiger partial charge in [0, 0.05) is 17.8 Å². The average molecular weight is 518 g/mol. The molecule has 11 heteroatoms. The average Bonchev–Trinajstić information content (AvgIpc) is 3.10. The highest BCUT2D eigenvalue weighted by Crippen LogP contribution is 2.30. The van der Waals surface area contributed by atoms with E-state index in [4.69, 9.17) is 17.0 Å². The van der Waals surface area contributed by atoms with Crippen LogP contribution in [0.25, 0.3) is 0 Å². The van der Waals surface area contributed by atoms with Crippen LogP contribution in [0.4, 0.5) is 28.9 Å². The molecule has 3 aromatic carbocycles. The molecule has 0 radical (unpaired) electrons. The molecule has 0 unspecified atom stereocenters. The van der Waals surface area contributed by atoms with Crippen LogP contribution in [0.2, 0.25) is 0 Å². The van der Waals surface area contributed by atoms with E-state index in [1.165, 1.54) is 12.0 Å². The molecule has 186 valence electrons. The van der Waals surface area contributed by atoms with Crippen LogP contribution in [0, 0.1) is 23.3 Å². The van der Waals surface area contributed by atoms with Crippen molar-refractivity contribution in [2.75, 3.05) is 17.3 Å². The smallest absolute Gasteiger partial charge is 0.256 e. The van der Waals surface area contributed by atoms with E-state index in [1.807, 2.05) is 0 Å². The van der Waals surface area contributed by atoms with E-state index in [0.717, 1.165) is 4.90 Å². The van der Waals surface area contributed by atoms with Gasteiger partial charge in [-0.25, -0.2) is 17.6 Å². The van der Waals surface area contributed by atoms with Gasteiger partial charge < -0.3 is 15.0 Å². The van der Waals surface area contributed by atoms with Crippen LogP contribution < -0.4 is 15.0 Å². The van der Waals surface area contributed by atoms with Crippen molar-refractivity contribution in [1.82, 2.24) is 4.90 Å². The molecule has 1 aliphatic heterocycles. The van der Waals surface area contributed by atoms with Crippen molar-refractivity contribution in [3.8, 4) is 5.75 Å². The first kappa shape index (κ1) is 25.1. The number of rotatable bonds is 7. The van der Waals surface area contributed by atoms with Crippen LogP contribution in [0.1, 0.15) is 12.0 Å². The Morgan fingerprint density at radius 3 is 2.31 bits per heavy atom. The van der Waals surface area contributed by atoms with E-state index in [9.17, 15) is 27.2 Å². The molecule has 1 atom stereocenters. The minimum atomic E-state index is -1.98. The molecular formula is C25H19F4N3O3S. The molecule has 0 aliphatic carbocycles. The van der Waals surface area contributed by atoms with E-state index in [1.54, 1.807) is 54.6 Å². The third kappa shape index (κ3) is 4.87. The Morgan fingerprint density at radius 2 is 1.67 bits per heavy atom. The van der Waals surface area contributed by atoms with Gasteiger partial charge in [-0.05, 0) is 54.7 Å². The summed E-state index contributed by atoms with van der Waals surface area (Å²) >= 11 is 5.44. The summed E-state index contributed by atoms with van der Waals surface area (Å²) in [6.45, 7) is -0.575. The maximum Gasteiger partial charge on any atom is 0.256 e. The van der Waals surface area contributed by atoms with E-state index in [2.05, 4.69) is 5.32 Å². The fraction of sp³-hybridized carbons (Fsp3) is 0.160. The number of carbonyl (C=O) groups excluding carboxylic acids is 2. The second-order valence-corrected chi connectivity index (χ2v) is 8.24. The SMILES string of the molecule is COc1ccc(NC(=O)C[C@@H]2C(=O)N(c3ccccc3)C(=S)N2Cc2cc(F)c(F)c(F)c2F)cc1. The summed E-state index contributed by atoms with van der Waals surface area (Å²) in [7, 11) is 1.50. The second-order valence-electron chi connectivity index (χ2n) is 7.88. The minimum absolute atomic E-state index is 0.0991. The molecule has 0 spiro atoms. The number of nitrogens with zero attached hydrogens (tertiary/aromatic N) is 2. The first-order valence-corrected chi connectivity index (χ1v) is 11.1. The van der Waals surface area contributed by atoms with Crippen molar-refractivity contribution in [3.63, 3.8) is 0 Å². The molecule has 1 saturated heterocycles. The lowest BCUT2D eigenvalue weighted by Gasteiger charge is -2.24. The number of hydrogen-bond donors (Lipinski definition) is 1. The summed E-state index contributed by atoms with van der Waals surface area (Å²) in [5.74, 6) is -7.68. The van der Waals surface area contributed by atoms with E-state index >= 15 is 0 Å². The Kier molecular flexibility index (Phi) is 7.20. The molecular weight excluding hydrogens is 498 g/mol. The van der Waals surface area contributed by atoms with Gasteiger partial charge in [-0.15, -0.1) is 0 Å². The number of carbonyl (C=O) groups is 2. The van der Waals surface area contributed by atoms with Crippen LogP contribution in [-0.2, 0) is 16.1 Å². The molecule has 0 saturated carbocycles. The van der Waals surface area contributed by atoms with Gasteiger partial charge >= 0.3 is 0 Å². The Hall–Kier alpha value is -3.99. The molecule has 2 amide bonds. The maximum atomic E-state index is 14.4. The van der Waals surface area contributed by atoms with Crippen LogP contribution in [0.3, 0.4) is 0 Å². The summed E-state index contributed by atoms with van der Waals surface area (Å²) < 4.78 is 60.7. The topological polar surface area (TPSA) is 61.9 Å². The van der Waals surface area contributed by atoms with Gasteiger partial charge in [-0.3, -0.25) is 14.5 Å². The lowest BCUT2D eigenvalue weighted by atomic mass is 10.1. The number of anilines is 2. The van der Waals surface area contributed by atoms with Gasteiger partial charge in [-0.1, -0.05) is 18.2 Å². The van der Waals surface area contributed by atoms with E-state index in [0.29, 0.717) is 23.2 Å².